The van der Waals surface area contributed by atoms with Crippen molar-refractivity contribution in [1.82, 2.24) is 5.32 Å². The van der Waals surface area contributed by atoms with Crippen molar-refractivity contribution in [2.24, 2.45) is 0 Å². The summed E-state index contributed by atoms with van der Waals surface area (Å²) in [6, 6.07) is -0.535. The van der Waals surface area contributed by atoms with Crippen LogP contribution in [0.5, 0.6) is 0 Å². The Kier molecular flexibility index (Phi) is 58.7. The third-order valence-electron chi connectivity index (χ3n) is 14.3. The third kappa shape index (κ3) is 56.9. The minimum atomic E-state index is -0.658. The molecular formula is C65H121NO3. The highest BCUT2D eigenvalue weighted by atomic mass is 16.3. The molecule has 0 heterocycles. The highest BCUT2D eigenvalue weighted by Crippen LogP contribution is 2.18. The molecule has 0 saturated carbocycles. The van der Waals surface area contributed by atoms with Gasteiger partial charge in [-0.25, -0.2) is 0 Å². The molecule has 3 N–H and O–H groups in total. The first-order chi connectivity index (χ1) is 34.2. The first-order valence-corrected chi connectivity index (χ1v) is 31.0. The van der Waals surface area contributed by atoms with Gasteiger partial charge < -0.3 is 15.5 Å². The molecule has 0 aromatic heterocycles. The van der Waals surface area contributed by atoms with Crippen LogP contribution in [0, 0.1) is 0 Å². The van der Waals surface area contributed by atoms with E-state index in [0.717, 1.165) is 57.8 Å². The van der Waals surface area contributed by atoms with E-state index in [-0.39, 0.29) is 12.5 Å². The first-order valence-electron chi connectivity index (χ1n) is 31.0. The predicted octanol–water partition coefficient (Wildman–Crippen LogP) is 20.8. The normalized spacial score (nSPS) is 13.2. The van der Waals surface area contributed by atoms with E-state index < -0.39 is 12.1 Å². The molecule has 0 radical (unpaired) electrons. The van der Waals surface area contributed by atoms with E-state index in [1.807, 2.05) is 0 Å². The maximum absolute atomic E-state index is 12.5. The number of aliphatic hydroxyl groups excluding tert-OH is 2. The molecule has 0 bridgehead atoms. The molecule has 69 heavy (non-hydrogen) atoms. The molecule has 4 heteroatoms. The number of amides is 1. The summed E-state index contributed by atoms with van der Waals surface area (Å²) < 4.78 is 0. The monoisotopic (exact) mass is 964 g/mol. The molecule has 0 saturated heterocycles. The van der Waals surface area contributed by atoms with Crippen LogP contribution >= 0.6 is 0 Å². The number of hydrogen-bond donors (Lipinski definition) is 3. The number of nitrogens with one attached hydrogen (secondary N) is 1. The van der Waals surface area contributed by atoms with Crippen LogP contribution in [0.3, 0.4) is 0 Å². The Morgan fingerprint density at radius 2 is 0.638 bits per heavy atom. The summed E-state index contributed by atoms with van der Waals surface area (Å²) in [7, 11) is 0. The Morgan fingerprint density at radius 3 is 0.957 bits per heavy atom. The number of hydrogen-bond acceptors (Lipinski definition) is 3. The maximum Gasteiger partial charge on any atom is 0.220 e. The van der Waals surface area contributed by atoms with E-state index in [1.165, 1.54) is 244 Å². The average molecular weight is 965 g/mol. The third-order valence-corrected chi connectivity index (χ3v) is 14.3. The molecule has 0 aromatic rings. The predicted molar refractivity (Wildman–Crippen MR) is 308 cm³/mol. The number of rotatable bonds is 57. The van der Waals surface area contributed by atoms with Crippen molar-refractivity contribution in [2.75, 3.05) is 6.61 Å². The van der Waals surface area contributed by atoms with E-state index in [4.69, 9.17) is 0 Å². The summed E-state index contributed by atoms with van der Waals surface area (Å²) in [4.78, 5) is 12.5. The zero-order valence-corrected chi connectivity index (χ0v) is 46.6. The fraction of sp³-hybridized carbons (Fsp3) is 0.831. The van der Waals surface area contributed by atoms with Crippen LogP contribution in [0.1, 0.15) is 328 Å². The van der Waals surface area contributed by atoms with Crippen LogP contribution in [0.4, 0.5) is 0 Å². The second kappa shape index (κ2) is 60.4. The lowest BCUT2D eigenvalue weighted by atomic mass is 10.0. The van der Waals surface area contributed by atoms with Crippen molar-refractivity contribution >= 4 is 5.91 Å². The van der Waals surface area contributed by atoms with Gasteiger partial charge in [-0.15, -0.1) is 0 Å². The lowest BCUT2D eigenvalue weighted by Crippen LogP contribution is -2.45. The summed E-state index contributed by atoms with van der Waals surface area (Å²) in [5.41, 5.74) is 0. The second-order valence-corrected chi connectivity index (χ2v) is 21.1. The number of unbranched alkanes of at least 4 members (excludes halogenated alkanes) is 40. The van der Waals surface area contributed by atoms with Gasteiger partial charge in [0.05, 0.1) is 18.8 Å². The molecule has 4 nitrogen and oxygen atoms in total. The largest absolute Gasteiger partial charge is 0.394 e. The average Bonchev–Trinajstić information content (AvgIpc) is 3.35. The minimum absolute atomic E-state index is 0.0256. The fourth-order valence-electron chi connectivity index (χ4n) is 9.63. The SMILES string of the molecule is CC/C=C\C/C=C\C/C=C\C/C=C\C/C=C\CCCCCCCCCCCCCCCCCCCCCCCCCCCC(=O)NC(CO)C(O)CCCCCCCCCCCCCCCCCC. The zero-order valence-electron chi connectivity index (χ0n) is 46.6. The summed E-state index contributed by atoms with van der Waals surface area (Å²) in [6.07, 6.45) is 85.3. The molecule has 0 aliphatic heterocycles. The Labute approximate surface area is 432 Å². The topological polar surface area (TPSA) is 69.6 Å². The van der Waals surface area contributed by atoms with Gasteiger partial charge in [0.15, 0.2) is 0 Å². The summed E-state index contributed by atoms with van der Waals surface area (Å²) in [5.74, 6) is -0.0256. The molecule has 0 fully saturated rings. The van der Waals surface area contributed by atoms with E-state index >= 15 is 0 Å². The van der Waals surface area contributed by atoms with Gasteiger partial charge in [-0.3, -0.25) is 4.79 Å². The number of aliphatic hydroxyl groups is 2. The van der Waals surface area contributed by atoms with Gasteiger partial charge in [0.25, 0.3) is 0 Å². The summed E-state index contributed by atoms with van der Waals surface area (Å²) in [6.45, 7) is 4.27. The lowest BCUT2D eigenvalue weighted by Gasteiger charge is -2.22. The highest BCUT2D eigenvalue weighted by molar-refractivity contribution is 5.76. The van der Waals surface area contributed by atoms with Crippen LogP contribution in [0.15, 0.2) is 60.8 Å². The molecule has 0 aliphatic rings. The second-order valence-electron chi connectivity index (χ2n) is 21.1. The molecule has 0 aliphatic carbocycles. The van der Waals surface area contributed by atoms with Gasteiger partial charge in [0, 0.05) is 6.42 Å². The van der Waals surface area contributed by atoms with Crippen molar-refractivity contribution in [3.63, 3.8) is 0 Å². The van der Waals surface area contributed by atoms with Gasteiger partial charge in [-0.05, 0) is 57.8 Å². The Morgan fingerprint density at radius 1 is 0.362 bits per heavy atom. The summed E-state index contributed by atoms with van der Waals surface area (Å²) in [5, 5.41) is 23.3. The quantitative estimate of drug-likeness (QED) is 0.0420. The van der Waals surface area contributed by atoms with E-state index in [2.05, 4.69) is 79.9 Å². The Hall–Kier alpha value is -1.91. The molecular weight excluding hydrogens is 843 g/mol. The standard InChI is InChI=1S/C65H121NO3/c1-3-5-7-9-11-13-15-17-19-21-22-23-24-25-26-27-28-29-30-31-32-33-34-35-36-37-38-39-40-41-42-43-44-45-47-49-51-53-55-57-59-61-65(69)66-63(62-67)64(68)60-58-56-54-52-50-48-46-20-18-16-14-12-10-8-6-4-2/h5,7,11,13,17,19,22-23,25-26,63-64,67-68H,3-4,6,8-10,12,14-16,18,20-21,24,27-62H2,1-2H3,(H,66,69)/b7-5-,13-11-,19-17-,23-22-,26-25-. The smallest absolute Gasteiger partial charge is 0.220 e. The van der Waals surface area contributed by atoms with Gasteiger partial charge in [-0.1, -0.05) is 325 Å². The van der Waals surface area contributed by atoms with Crippen LogP contribution < -0.4 is 5.32 Å². The van der Waals surface area contributed by atoms with Crippen molar-refractivity contribution in [3.05, 3.63) is 60.8 Å². The maximum atomic E-state index is 12.5. The van der Waals surface area contributed by atoms with Crippen LogP contribution in [0.2, 0.25) is 0 Å². The summed E-state index contributed by atoms with van der Waals surface area (Å²) >= 11 is 0. The van der Waals surface area contributed by atoms with E-state index in [9.17, 15) is 15.0 Å². The molecule has 0 aromatic carbocycles. The number of carbonyl (C=O) groups is 1. The molecule has 1 amide bonds. The lowest BCUT2D eigenvalue weighted by molar-refractivity contribution is -0.123. The van der Waals surface area contributed by atoms with Gasteiger partial charge >= 0.3 is 0 Å². The minimum Gasteiger partial charge on any atom is -0.394 e. The molecule has 0 spiro atoms. The van der Waals surface area contributed by atoms with E-state index in [1.54, 1.807) is 0 Å². The number of allylic oxidation sites excluding steroid dienone is 10. The van der Waals surface area contributed by atoms with Crippen molar-refractivity contribution < 1.29 is 15.0 Å². The van der Waals surface area contributed by atoms with Crippen molar-refractivity contribution in [2.45, 2.75) is 341 Å². The van der Waals surface area contributed by atoms with Crippen molar-refractivity contribution in [1.29, 1.82) is 0 Å². The first kappa shape index (κ1) is 67.1. The molecule has 0 rings (SSSR count). The van der Waals surface area contributed by atoms with Crippen LogP contribution in [-0.4, -0.2) is 34.9 Å². The molecule has 404 valence electrons. The zero-order chi connectivity index (χ0) is 49.9. The Balaban J connectivity index is 3.38. The Bertz CT molecular complexity index is 1140. The molecule has 2 atom stereocenters. The fourth-order valence-corrected chi connectivity index (χ4v) is 9.63. The van der Waals surface area contributed by atoms with Gasteiger partial charge in [0.2, 0.25) is 5.91 Å². The van der Waals surface area contributed by atoms with E-state index in [0.29, 0.717) is 12.8 Å². The number of carbonyl (C=O) groups excluding carboxylic acids is 1. The van der Waals surface area contributed by atoms with Gasteiger partial charge in [0.1, 0.15) is 0 Å². The molecule has 2 unspecified atom stereocenters. The van der Waals surface area contributed by atoms with Gasteiger partial charge in [-0.2, -0.15) is 0 Å². The van der Waals surface area contributed by atoms with Crippen LogP contribution in [0.25, 0.3) is 0 Å². The highest BCUT2D eigenvalue weighted by Gasteiger charge is 2.20. The van der Waals surface area contributed by atoms with Crippen molar-refractivity contribution in [3.8, 4) is 0 Å². The van der Waals surface area contributed by atoms with Crippen LogP contribution in [-0.2, 0) is 4.79 Å².